The average molecular weight is 447 g/mol. The number of allylic oxidation sites excluding steroid dienone is 1. The molecule has 0 aromatic heterocycles. The van der Waals surface area contributed by atoms with E-state index in [2.05, 4.69) is 18.3 Å². The molecule has 2 unspecified atom stereocenters. The molecule has 3 aromatic rings. The zero-order valence-corrected chi connectivity index (χ0v) is 17.7. The average Bonchev–Trinajstić information content (AvgIpc) is 3.10. The molecule has 0 bridgehead atoms. The van der Waals surface area contributed by atoms with Gasteiger partial charge in [-0.2, -0.15) is 0 Å². The van der Waals surface area contributed by atoms with E-state index in [0.29, 0.717) is 11.3 Å². The summed E-state index contributed by atoms with van der Waals surface area (Å²) in [6, 6.07) is 23.2. The minimum absolute atomic E-state index is 0. The van der Waals surface area contributed by atoms with Crippen LogP contribution in [0.15, 0.2) is 78.9 Å². The second-order valence-electron chi connectivity index (χ2n) is 7.01. The summed E-state index contributed by atoms with van der Waals surface area (Å²) in [5.74, 6) is 1.44. The van der Waals surface area contributed by atoms with E-state index in [1.54, 1.807) is 18.2 Å². The molecule has 0 fully saturated rings. The summed E-state index contributed by atoms with van der Waals surface area (Å²) in [7, 11) is 1.90. The van der Waals surface area contributed by atoms with Gasteiger partial charge in [-0.05, 0) is 54.6 Å². The molecule has 2 atom stereocenters. The normalized spacial score (nSPS) is 17.4. The molecule has 0 aliphatic carbocycles. The molecule has 156 valence electrons. The fourth-order valence-electron chi connectivity index (χ4n) is 3.55. The molecule has 0 saturated carbocycles. The van der Waals surface area contributed by atoms with Crippen LogP contribution in [-0.4, -0.2) is 12.8 Å². The van der Waals surface area contributed by atoms with Gasteiger partial charge < -0.3 is 15.4 Å². The standard InChI is InChI=1S/C25H23N2O2.Cu/c1-17-21-9-6-10-23(24(21)25(26-2)27-17)29-20-14-12-19(13-15-20)22(28)16-11-18-7-4-3-5-8-18;/h3-17,25-26H,1-2H3;/q-1;+1/b16-11+;. The van der Waals surface area contributed by atoms with Crippen molar-refractivity contribution in [2.45, 2.75) is 19.1 Å². The van der Waals surface area contributed by atoms with E-state index >= 15 is 0 Å². The van der Waals surface area contributed by atoms with Crippen LogP contribution in [0.4, 0.5) is 0 Å². The number of nitrogens with zero attached hydrogens (tertiary/aromatic N) is 1. The first-order valence-electron chi connectivity index (χ1n) is 9.71. The van der Waals surface area contributed by atoms with Gasteiger partial charge in [-0.3, -0.25) is 4.79 Å². The molecular weight excluding hydrogens is 424 g/mol. The largest absolute Gasteiger partial charge is 1.00 e. The van der Waals surface area contributed by atoms with Gasteiger partial charge in [0.2, 0.25) is 0 Å². The topological polar surface area (TPSA) is 52.4 Å². The molecular formula is C25H23CuN2O2. The van der Waals surface area contributed by atoms with Crippen molar-refractivity contribution in [3.63, 3.8) is 0 Å². The second kappa shape index (κ2) is 9.88. The van der Waals surface area contributed by atoms with Gasteiger partial charge in [-0.1, -0.05) is 67.2 Å². The zero-order valence-electron chi connectivity index (χ0n) is 16.8. The Kier molecular flexibility index (Phi) is 7.24. The summed E-state index contributed by atoms with van der Waals surface area (Å²) in [5.41, 5.74) is 3.88. The van der Waals surface area contributed by atoms with Crippen molar-refractivity contribution in [2.24, 2.45) is 0 Å². The summed E-state index contributed by atoms with van der Waals surface area (Å²) in [6.45, 7) is 2.09. The van der Waals surface area contributed by atoms with Crippen molar-refractivity contribution in [1.29, 1.82) is 0 Å². The Bertz CT molecular complexity index is 1030. The quantitative estimate of drug-likeness (QED) is 0.285. The fraction of sp³-hybridized carbons (Fsp3) is 0.160. The number of nitrogens with one attached hydrogen (secondary N) is 1. The van der Waals surface area contributed by atoms with Gasteiger partial charge in [0.1, 0.15) is 11.5 Å². The van der Waals surface area contributed by atoms with Crippen molar-refractivity contribution < 1.29 is 26.6 Å². The number of carbonyl (C=O) groups excluding carboxylic acids is 1. The molecule has 4 nitrogen and oxygen atoms in total. The van der Waals surface area contributed by atoms with Crippen molar-refractivity contribution in [2.75, 3.05) is 7.05 Å². The van der Waals surface area contributed by atoms with E-state index in [9.17, 15) is 4.79 Å². The molecule has 30 heavy (non-hydrogen) atoms. The maximum Gasteiger partial charge on any atom is 1.00 e. The molecule has 1 heterocycles. The number of carbonyl (C=O) groups is 1. The van der Waals surface area contributed by atoms with E-state index in [1.165, 1.54) is 5.56 Å². The van der Waals surface area contributed by atoms with Crippen molar-refractivity contribution >= 4 is 11.9 Å². The molecule has 0 spiro atoms. The molecule has 1 aliphatic heterocycles. The molecule has 1 aliphatic rings. The maximum atomic E-state index is 12.4. The molecule has 0 amide bonds. The molecule has 4 rings (SSSR count). The van der Waals surface area contributed by atoms with Crippen LogP contribution in [-0.2, 0) is 17.1 Å². The van der Waals surface area contributed by atoms with Gasteiger partial charge in [0.05, 0.1) is 0 Å². The number of rotatable bonds is 6. The van der Waals surface area contributed by atoms with E-state index in [4.69, 9.17) is 10.1 Å². The number of hydrogen-bond donors (Lipinski definition) is 1. The monoisotopic (exact) mass is 446 g/mol. The van der Waals surface area contributed by atoms with Gasteiger partial charge in [0, 0.05) is 5.56 Å². The number of benzene rings is 3. The summed E-state index contributed by atoms with van der Waals surface area (Å²) in [4.78, 5) is 12.4. The fourth-order valence-corrected chi connectivity index (χ4v) is 3.55. The third-order valence-electron chi connectivity index (χ3n) is 5.06. The number of ketones is 1. The number of fused-ring (bicyclic) bond motifs is 1. The van der Waals surface area contributed by atoms with Gasteiger partial charge in [-0.15, -0.1) is 6.04 Å². The first-order chi connectivity index (χ1) is 14.2. The maximum absolute atomic E-state index is 12.4. The third kappa shape index (κ3) is 4.72. The Morgan fingerprint density at radius 3 is 2.43 bits per heavy atom. The van der Waals surface area contributed by atoms with Gasteiger partial charge >= 0.3 is 17.1 Å². The van der Waals surface area contributed by atoms with E-state index in [-0.39, 0.29) is 35.1 Å². The zero-order chi connectivity index (χ0) is 20.2. The number of ether oxygens (including phenoxy) is 1. The Labute approximate surface area is 187 Å². The second-order valence-corrected chi connectivity index (χ2v) is 7.01. The van der Waals surface area contributed by atoms with E-state index in [0.717, 1.165) is 16.9 Å². The van der Waals surface area contributed by atoms with Crippen LogP contribution in [0.25, 0.3) is 11.4 Å². The summed E-state index contributed by atoms with van der Waals surface area (Å²) < 4.78 is 6.14. The van der Waals surface area contributed by atoms with Crippen LogP contribution in [0.1, 0.15) is 46.2 Å². The first-order valence-corrected chi connectivity index (χ1v) is 9.71. The van der Waals surface area contributed by atoms with Crippen LogP contribution < -0.4 is 10.1 Å². The van der Waals surface area contributed by atoms with Gasteiger partial charge in [0.15, 0.2) is 5.78 Å². The minimum atomic E-state index is -0.0693. The summed E-state index contributed by atoms with van der Waals surface area (Å²) in [5, 5.41) is 7.95. The summed E-state index contributed by atoms with van der Waals surface area (Å²) in [6.07, 6.45) is 3.35. The first kappa shape index (κ1) is 22.0. The van der Waals surface area contributed by atoms with Crippen LogP contribution in [0, 0.1) is 0 Å². The molecule has 5 heteroatoms. The SMILES string of the molecule is CNC1[N-]C(C)c2cccc(Oc3ccc(C(=O)/C=C/c4ccccc4)cc3)c21.[Cu+]. The van der Waals surface area contributed by atoms with Crippen molar-refractivity contribution in [3.05, 3.63) is 106 Å². The van der Waals surface area contributed by atoms with Crippen LogP contribution >= 0.6 is 0 Å². The number of hydrogen-bond acceptors (Lipinski definition) is 3. The molecule has 0 radical (unpaired) electrons. The van der Waals surface area contributed by atoms with Gasteiger partial charge in [-0.25, -0.2) is 0 Å². The Morgan fingerprint density at radius 1 is 1.00 bits per heavy atom. The smallest absolute Gasteiger partial charge is 0.637 e. The minimum Gasteiger partial charge on any atom is -0.637 e. The van der Waals surface area contributed by atoms with Crippen LogP contribution in [0.3, 0.4) is 0 Å². The molecule has 3 aromatic carbocycles. The predicted molar refractivity (Wildman–Crippen MR) is 116 cm³/mol. The van der Waals surface area contributed by atoms with E-state index in [1.807, 2.05) is 67.7 Å². The van der Waals surface area contributed by atoms with E-state index < -0.39 is 0 Å². The van der Waals surface area contributed by atoms with Crippen molar-refractivity contribution in [1.82, 2.24) is 5.32 Å². The molecule has 0 saturated heterocycles. The summed E-state index contributed by atoms with van der Waals surface area (Å²) >= 11 is 0. The Balaban J connectivity index is 0.00000256. The Hall–Kier alpha value is -2.69. The van der Waals surface area contributed by atoms with Crippen LogP contribution in [0.5, 0.6) is 11.5 Å². The Morgan fingerprint density at radius 2 is 1.73 bits per heavy atom. The third-order valence-corrected chi connectivity index (χ3v) is 5.06. The molecule has 1 N–H and O–H groups in total. The van der Waals surface area contributed by atoms with Crippen LogP contribution in [0.2, 0.25) is 0 Å². The van der Waals surface area contributed by atoms with Gasteiger partial charge in [0.25, 0.3) is 0 Å². The predicted octanol–water partition coefficient (Wildman–Crippen LogP) is 6.04. The van der Waals surface area contributed by atoms with Crippen molar-refractivity contribution in [3.8, 4) is 11.5 Å².